The number of hydrogen-bond acceptors (Lipinski definition) is 3. The van der Waals surface area contributed by atoms with Crippen molar-refractivity contribution >= 4 is 40.9 Å². The van der Waals surface area contributed by atoms with Gasteiger partial charge in [-0.3, -0.25) is 9.79 Å². The number of guanidine groups is 1. The van der Waals surface area contributed by atoms with E-state index in [1.807, 2.05) is 49.4 Å². The molecule has 148 valence electrons. The Morgan fingerprint density at radius 3 is 2.79 bits per heavy atom. The van der Waals surface area contributed by atoms with Crippen molar-refractivity contribution in [3.05, 3.63) is 59.1 Å². The molecule has 0 bridgehead atoms. The third kappa shape index (κ3) is 5.91. The van der Waals surface area contributed by atoms with Gasteiger partial charge in [-0.2, -0.15) is 0 Å². The van der Waals surface area contributed by atoms with Crippen LogP contribution in [-0.2, 0) is 4.79 Å². The summed E-state index contributed by atoms with van der Waals surface area (Å²) < 4.78 is 0. The highest BCUT2D eigenvalue weighted by Gasteiger charge is 2.24. The lowest BCUT2D eigenvalue weighted by atomic mass is 9.91. The van der Waals surface area contributed by atoms with Crippen LogP contribution in [0.5, 0.6) is 0 Å². The smallest absolute Gasteiger partial charge is 0.225 e. The van der Waals surface area contributed by atoms with Crippen molar-refractivity contribution in [2.45, 2.75) is 24.2 Å². The van der Waals surface area contributed by atoms with Crippen LogP contribution in [0.4, 0.5) is 5.69 Å². The maximum Gasteiger partial charge on any atom is 0.225 e. The first-order valence-corrected chi connectivity index (χ1v) is 10.8. The van der Waals surface area contributed by atoms with Gasteiger partial charge in [0, 0.05) is 46.8 Å². The van der Waals surface area contributed by atoms with Gasteiger partial charge in [0.2, 0.25) is 5.91 Å². The number of amides is 1. The third-order valence-electron chi connectivity index (χ3n) is 4.40. The first kappa shape index (κ1) is 20.6. The molecule has 0 aliphatic carbocycles. The van der Waals surface area contributed by atoms with Crippen LogP contribution in [0.15, 0.2) is 58.4 Å². The number of hydrogen-bond donors (Lipinski definition) is 3. The second-order valence-corrected chi connectivity index (χ2v) is 8.09. The van der Waals surface area contributed by atoms with Gasteiger partial charge in [0.15, 0.2) is 5.96 Å². The average Bonchev–Trinajstić information content (AvgIpc) is 2.70. The Kier molecular flexibility index (Phi) is 7.62. The zero-order chi connectivity index (χ0) is 19.8. The van der Waals surface area contributed by atoms with Crippen molar-refractivity contribution in [1.29, 1.82) is 0 Å². The Balaban J connectivity index is 1.54. The molecule has 1 atom stereocenters. The Bertz CT molecular complexity index is 825. The molecule has 1 aliphatic heterocycles. The van der Waals surface area contributed by atoms with E-state index in [0.29, 0.717) is 13.0 Å². The van der Waals surface area contributed by atoms with Gasteiger partial charge in [0.05, 0.1) is 6.54 Å². The number of carbonyl (C=O) groups is 1. The van der Waals surface area contributed by atoms with E-state index >= 15 is 0 Å². The molecule has 3 N–H and O–H groups in total. The predicted octanol–water partition coefficient (Wildman–Crippen LogP) is 4.11. The van der Waals surface area contributed by atoms with Gasteiger partial charge in [-0.15, -0.1) is 11.8 Å². The number of anilines is 1. The molecule has 0 saturated carbocycles. The zero-order valence-electron chi connectivity index (χ0n) is 15.9. The number of carbonyl (C=O) groups excluding carboxylic acids is 1. The van der Waals surface area contributed by atoms with Crippen molar-refractivity contribution in [1.82, 2.24) is 10.6 Å². The van der Waals surface area contributed by atoms with Gasteiger partial charge in [-0.05, 0) is 42.8 Å². The molecule has 1 heterocycles. The van der Waals surface area contributed by atoms with Crippen LogP contribution in [0.25, 0.3) is 0 Å². The zero-order valence-corrected chi connectivity index (χ0v) is 17.4. The van der Waals surface area contributed by atoms with Gasteiger partial charge in [-0.1, -0.05) is 29.8 Å². The number of rotatable bonds is 7. The summed E-state index contributed by atoms with van der Waals surface area (Å²) in [4.78, 5) is 17.9. The molecule has 1 unspecified atom stereocenters. The van der Waals surface area contributed by atoms with Crippen LogP contribution in [0, 0.1) is 0 Å². The summed E-state index contributed by atoms with van der Waals surface area (Å²) in [5.74, 6) is 1.85. The van der Waals surface area contributed by atoms with E-state index < -0.39 is 0 Å². The lowest BCUT2D eigenvalue weighted by molar-refractivity contribution is -0.116. The fourth-order valence-electron chi connectivity index (χ4n) is 3.08. The van der Waals surface area contributed by atoms with E-state index in [2.05, 4.69) is 22.0 Å². The maximum absolute atomic E-state index is 12.0. The topological polar surface area (TPSA) is 65.5 Å². The lowest BCUT2D eigenvalue weighted by Gasteiger charge is -2.24. The number of nitrogens with one attached hydrogen (secondary N) is 3. The van der Waals surface area contributed by atoms with Crippen molar-refractivity contribution in [2.75, 3.05) is 30.7 Å². The molecule has 28 heavy (non-hydrogen) atoms. The molecule has 2 aromatic carbocycles. The highest BCUT2D eigenvalue weighted by Crippen LogP contribution is 2.32. The molecule has 3 rings (SSSR count). The molecule has 1 aliphatic rings. The third-order valence-corrected chi connectivity index (χ3v) is 5.66. The summed E-state index contributed by atoms with van der Waals surface area (Å²) in [6, 6.07) is 15.8. The minimum Gasteiger partial charge on any atom is -0.357 e. The van der Waals surface area contributed by atoms with E-state index in [-0.39, 0.29) is 11.8 Å². The summed E-state index contributed by atoms with van der Waals surface area (Å²) in [6.07, 6.45) is 0.465. The standard InChI is InChI=1S/C21H25ClN4OS/c1-2-23-21(24-11-12-28-17-9-7-16(22)8-10-17)25-14-15-13-20(27)26-19-6-4-3-5-18(15)19/h3-10,15H,2,11-14H2,1H3,(H,26,27)(H2,23,24,25). The summed E-state index contributed by atoms with van der Waals surface area (Å²) in [5.41, 5.74) is 2.05. The Morgan fingerprint density at radius 2 is 2.00 bits per heavy atom. The average molecular weight is 417 g/mol. The summed E-state index contributed by atoms with van der Waals surface area (Å²) in [7, 11) is 0. The van der Waals surface area contributed by atoms with Crippen molar-refractivity contribution in [3.8, 4) is 0 Å². The fourth-order valence-corrected chi connectivity index (χ4v) is 3.97. The quantitative estimate of drug-likeness (QED) is 0.275. The van der Waals surface area contributed by atoms with Crippen LogP contribution < -0.4 is 16.0 Å². The molecule has 0 spiro atoms. The number of fused-ring (bicyclic) bond motifs is 1. The Morgan fingerprint density at radius 1 is 1.21 bits per heavy atom. The highest BCUT2D eigenvalue weighted by atomic mass is 35.5. The second kappa shape index (κ2) is 10.4. The van der Waals surface area contributed by atoms with E-state index in [9.17, 15) is 4.79 Å². The summed E-state index contributed by atoms with van der Waals surface area (Å²) in [6.45, 7) is 4.20. The normalized spacial score (nSPS) is 16.3. The minimum atomic E-state index is 0.0521. The number of thioether (sulfide) groups is 1. The SMILES string of the molecule is CCNC(=NCC1CC(=O)Nc2ccccc21)NCCSc1ccc(Cl)cc1. The van der Waals surface area contributed by atoms with E-state index in [1.165, 1.54) is 4.90 Å². The second-order valence-electron chi connectivity index (χ2n) is 6.49. The summed E-state index contributed by atoms with van der Waals surface area (Å²) in [5, 5.41) is 10.3. The molecule has 5 nitrogen and oxygen atoms in total. The van der Waals surface area contributed by atoms with Crippen LogP contribution in [0.3, 0.4) is 0 Å². The number of nitrogens with zero attached hydrogens (tertiary/aromatic N) is 1. The van der Waals surface area contributed by atoms with Gasteiger partial charge in [-0.25, -0.2) is 0 Å². The van der Waals surface area contributed by atoms with Crippen molar-refractivity contribution in [3.63, 3.8) is 0 Å². The minimum absolute atomic E-state index is 0.0521. The molecule has 7 heteroatoms. The maximum atomic E-state index is 12.0. The van der Waals surface area contributed by atoms with Gasteiger partial charge in [0.25, 0.3) is 0 Å². The molecule has 0 aromatic heterocycles. The number of benzene rings is 2. The van der Waals surface area contributed by atoms with Crippen LogP contribution in [-0.4, -0.2) is 37.3 Å². The van der Waals surface area contributed by atoms with Crippen LogP contribution in [0.1, 0.15) is 24.8 Å². The Hall–Kier alpha value is -2.18. The largest absolute Gasteiger partial charge is 0.357 e. The van der Waals surface area contributed by atoms with Crippen molar-refractivity contribution in [2.24, 2.45) is 4.99 Å². The monoisotopic (exact) mass is 416 g/mol. The first-order chi connectivity index (χ1) is 13.7. The molecular weight excluding hydrogens is 392 g/mol. The fraction of sp³-hybridized carbons (Fsp3) is 0.333. The van der Waals surface area contributed by atoms with E-state index in [1.54, 1.807) is 11.8 Å². The van der Waals surface area contributed by atoms with Gasteiger partial charge >= 0.3 is 0 Å². The molecule has 0 saturated heterocycles. The number of aliphatic imine (C=N–C) groups is 1. The molecular formula is C21H25ClN4OS. The van der Waals surface area contributed by atoms with E-state index in [0.717, 1.165) is 41.1 Å². The molecule has 0 radical (unpaired) electrons. The first-order valence-electron chi connectivity index (χ1n) is 9.45. The highest BCUT2D eigenvalue weighted by molar-refractivity contribution is 7.99. The number of para-hydroxylation sites is 1. The Labute approximate surface area is 175 Å². The van der Waals surface area contributed by atoms with Crippen molar-refractivity contribution < 1.29 is 4.79 Å². The van der Waals surface area contributed by atoms with Gasteiger partial charge in [0.1, 0.15) is 0 Å². The molecule has 1 amide bonds. The van der Waals surface area contributed by atoms with Crippen LogP contribution >= 0.6 is 23.4 Å². The molecule has 0 fully saturated rings. The number of halogens is 1. The van der Waals surface area contributed by atoms with Crippen LogP contribution in [0.2, 0.25) is 5.02 Å². The molecule has 2 aromatic rings. The lowest BCUT2D eigenvalue weighted by Crippen LogP contribution is -2.39. The predicted molar refractivity (Wildman–Crippen MR) is 119 cm³/mol. The van der Waals surface area contributed by atoms with Gasteiger partial charge < -0.3 is 16.0 Å². The summed E-state index contributed by atoms with van der Waals surface area (Å²) >= 11 is 7.69. The van der Waals surface area contributed by atoms with E-state index in [4.69, 9.17) is 16.6 Å².